The number of hydrogen-bond donors (Lipinski definition) is 2. The third kappa shape index (κ3) is 2.17. The van der Waals surface area contributed by atoms with Gasteiger partial charge in [0.15, 0.2) is 0 Å². The summed E-state index contributed by atoms with van der Waals surface area (Å²) in [4.78, 5) is 5.83. The van der Waals surface area contributed by atoms with Crippen LogP contribution in [0.5, 0.6) is 0 Å². The topological polar surface area (TPSA) is 62.4 Å². The Labute approximate surface area is 87.7 Å². The van der Waals surface area contributed by atoms with E-state index in [1.54, 1.807) is 36.7 Å². The smallest absolute Gasteiger partial charge is 0.123 e. The lowest BCUT2D eigenvalue weighted by Crippen LogP contribution is -2.06. The zero-order valence-electron chi connectivity index (χ0n) is 8.04. The molecule has 2 heterocycles. The number of nitrogens with zero attached hydrogens (tertiary/aromatic N) is 2. The number of pyridine rings is 1. The lowest BCUT2D eigenvalue weighted by Gasteiger charge is -2.13. The molecule has 1 aliphatic rings. The zero-order chi connectivity index (χ0) is 10.7. The molecule has 0 fully saturated rings. The molecule has 0 spiro atoms. The number of anilines is 2. The number of rotatable bonds is 1. The Morgan fingerprint density at radius 2 is 2.13 bits per heavy atom. The summed E-state index contributed by atoms with van der Waals surface area (Å²) in [5.41, 5.74) is 6.38. The normalized spacial score (nSPS) is 14.9. The summed E-state index contributed by atoms with van der Waals surface area (Å²) in [5, 5.41) is 9.26. The second kappa shape index (κ2) is 3.88. The number of aliphatic hydroxyl groups excluding tert-OH is 1. The summed E-state index contributed by atoms with van der Waals surface area (Å²) in [7, 11) is 0. The Balaban J connectivity index is 2.26. The Hall–Kier alpha value is -2.23. The standard InChI is InChI=1S/C11H11N3O/c12-11-4-3-9(8-13-11)14-6-1-2-10(15)5-7-14/h1-8,15H,(H2,12,13). The monoisotopic (exact) mass is 201 g/mol. The molecule has 3 N–H and O–H groups in total. The van der Waals surface area contributed by atoms with Gasteiger partial charge in [0.05, 0.1) is 11.9 Å². The quantitative estimate of drug-likeness (QED) is 0.729. The van der Waals surface area contributed by atoms with Gasteiger partial charge in [-0.3, -0.25) is 0 Å². The van der Waals surface area contributed by atoms with Crippen LogP contribution in [-0.2, 0) is 0 Å². The fraction of sp³-hybridized carbons (Fsp3) is 0. The summed E-state index contributed by atoms with van der Waals surface area (Å²) < 4.78 is 0. The average Bonchev–Trinajstić information content (AvgIpc) is 2.44. The van der Waals surface area contributed by atoms with E-state index >= 15 is 0 Å². The van der Waals surface area contributed by atoms with E-state index in [0.717, 1.165) is 5.69 Å². The van der Waals surface area contributed by atoms with Crippen molar-refractivity contribution < 1.29 is 5.11 Å². The minimum Gasteiger partial charge on any atom is -0.508 e. The van der Waals surface area contributed by atoms with Gasteiger partial charge in [0.25, 0.3) is 0 Å². The summed E-state index contributed by atoms with van der Waals surface area (Å²) in [6.07, 6.45) is 10.2. The van der Waals surface area contributed by atoms with Crippen molar-refractivity contribution >= 4 is 11.5 Å². The predicted octanol–water partition coefficient (Wildman–Crippen LogP) is 1.95. The van der Waals surface area contributed by atoms with E-state index in [-0.39, 0.29) is 5.76 Å². The van der Waals surface area contributed by atoms with Crippen LogP contribution in [0, 0.1) is 0 Å². The molecule has 15 heavy (non-hydrogen) atoms. The van der Waals surface area contributed by atoms with Crippen molar-refractivity contribution in [3.05, 3.63) is 54.7 Å². The van der Waals surface area contributed by atoms with Crippen molar-refractivity contribution in [2.45, 2.75) is 0 Å². The van der Waals surface area contributed by atoms with E-state index in [1.807, 2.05) is 17.2 Å². The van der Waals surface area contributed by atoms with Crippen LogP contribution in [0.15, 0.2) is 54.7 Å². The molecule has 76 valence electrons. The van der Waals surface area contributed by atoms with Gasteiger partial charge in [-0.25, -0.2) is 4.98 Å². The number of allylic oxidation sites excluding steroid dienone is 3. The first-order valence-corrected chi connectivity index (χ1v) is 4.51. The lowest BCUT2D eigenvalue weighted by atomic mass is 10.3. The van der Waals surface area contributed by atoms with E-state index in [9.17, 15) is 5.11 Å². The van der Waals surface area contributed by atoms with Crippen molar-refractivity contribution in [2.75, 3.05) is 10.6 Å². The van der Waals surface area contributed by atoms with Gasteiger partial charge in [-0.15, -0.1) is 0 Å². The Morgan fingerprint density at radius 3 is 2.87 bits per heavy atom. The van der Waals surface area contributed by atoms with Crippen LogP contribution >= 0.6 is 0 Å². The van der Waals surface area contributed by atoms with Gasteiger partial charge in [0.2, 0.25) is 0 Å². The molecule has 4 heteroatoms. The maximum absolute atomic E-state index is 9.26. The molecule has 0 saturated carbocycles. The van der Waals surface area contributed by atoms with E-state index in [2.05, 4.69) is 4.98 Å². The highest BCUT2D eigenvalue weighted by Gasteiger charge is 2.01. The number of nitrogen functional groups attached to an aromatic ring is 1. The molecule has 1 aromatic heterocycles. The van der Waals surface area contributed by atoms with Gasteiger partial charge in [-0.1, -0.05) is 0 Å². The third-order valence-corrected chi connectivity index (χ3v) is 1.99. The van der Waals surface area contributed by atoms with Crippen LogP contribution in [0.1, 0.15) is 0 Å². The molecule has 0 aliphatic carbocycles. The number of hydrogen-bond acceptors (Lipinski definition) is 4. The molecule has 0 aromatic carbocycles. The molecule has 1 aromatic rings. The summed E-state index contributed by atoms with van der Waals surface area (Å²) in [6, 6.07) is 3.59. The molecule has 0 saturated heterocycles. The zero-order valence-corrected chi connectivity index (χ0v) is 8.04. The van der Waals surface area contributed by atoms with Crippen LogP contribution in [0.25, 0.3) is 0 Å². The van der Waals surface area contributed by atoms with Crippen LogP contribution < -0.4 is 10.6 Å². The van der Waals surface area contributed by atoms with E-state index in [4.69, 9.17) is 5.73 Å². The number of nitrogens with two attached hydrogens (primary N) is 1. The Bertz CT molecular complexity index is 432. The number of aliphatic hydroxyl groups is 1. The fourth-order valence-corrected chi connectivity index (χ4v) is 1.22. The van der Waals surface area contributed by atoms with Crippen LogP contribution in [0.4, 0.5) is 11.5 Å². The van der Waals surface area contributed by atoms with Crippen LogP contribution in [-0.4, -0.2) is 10.1 Å². The first-order chi connectivity index (χ1) is 7.25. The lowest BCUT2D eigenvalue weighted by molar-refractivity contribution is 0.432. The Morgan fingerprint density at radius 1 is 1.27 bits per heavy atom. The first kappa shape index (κ1) is 9.33. The van der Waals surface area contributed by atoms with Gasteiger partial charge in [-0.05, 0) is 30.4 Å². The first-order valence-electron chi connectivity index (χ1n) is 4.51. The van der Waals surface area contributed by atoms with Crippen molar-refractivity contribution in [1.29, 1.82) is 0 Å². The largest absolute Gasteiger partial charge is 0.508 e. The van der Waals surface area contributed by atoms with E-state index in [0.29, 0.717) is 5.82 Å². The fourth-order valence-electron chi connectivity index (χ4n) is 1.22. The molecular formula is C11H11N3O. The molecule has 0 atom stereocenters. The second-order valence-corrected chi connectivity index (χ2v) is 3.10. The summed E-state index contributed by atoms with van der Waals surface area (Å²) in [6.45, 7) is 0. The highest BCUT2D eigenvalue weighted by atomic mass is 16.3. The van der Waals surface area contributed by atoms with E-state index < -0.39 is 0 Å². The molecule has 1 aliphatic heterocycles. The third-order valence-electron chi connectivity index (χ3n) is 1.99. The van der Waals surface area contributed by atoms with Crippen LogP contribution in [0.2, 0.25) is 0 Å². The molecule has 0 amide bonds. The SMILES string of the molecule is Nc1ccc(N2C=CC=C(O)C=C2)cn1. The van der Waals surface area contributed by atoms with Gasteiger partial charge in [0.1, 0.15) is 11.6 Å². The van der Waals surface area contributed by atoms with Gasteiger partial charge in [0, 0.05) is 12.4 Å². The number of aromatic nitrogens is 1. The van der Waals surface area contributed by atoms with Gasteiger partial charge < -0.3 is 15.7 Å². The van der Waals surface area contributed by atoms with Gasteiger partial charge in [-0.2, -0.15) is 0 Å². The summed E-state index contributed by atoms with van der Waals surface area (Å²) >= 11 is 0. The predicted molar refractivity (Wildman–Crippen MR) is 60.1 cm³/mol. The molecule has 0 bridgehead atoms. The summed E-state index contributed by atoms with van der Waals surface area (Å²) in [5.74, 6) is 0.708. The highest BCUT2D eigenvalue weighted by Crippen LogP contribution is 2.16. The maximum Gasteiger partial charge on any atom is 0.123 e. The Kier molecular flexibility index (Phi) is 2.41. The molecule has 4 nitrogen and oxygen atoms in total. The van der Waals surface area contributed by atoms with Gasteiger partial charge >= 0.3 is 0 Å². The van der Waals surface area contributed by atoms with Crippen molar-refractivity contribution in [2.24, 2.45) is 0 Å². The second-order valence-electron chi connectivity index (χ2n) is 3.10. The van der Waals surface area contributed by atoms with E-state index in [1.165, 1.54) is 0 Å². The highest BCUT2D eigenvalue weighted by molar-refractivity contribution is 5.54. The molecule has 2 rings (SSSR count). The minimum atomic E-state index is 0.220. The molecule has 0 radical (unpaired) electrons. The maximum atomic E-state index is 9.26. The minimum absolute atomic E-state index is 0.220. The van der Waals surface area contributed by atoms with Crippen LogP contribution in [0.3, 0.4) is 0 Å². The average molecular weight is 201 g/mol. The molecular weight excluding hydrogens is 190 g/mol. The van der Waals surface area contributed by atoms with Crippen molar-refractivity contribution in [3.63, 3.8) is 0 Å². The van der Waals surface area contributed by atoms with Crippen molar-refractivity contribution in [3.8, 4) is 0 Å². The molecule has 0 unspecified atom stereocenters. The van der Waals surface area contributed by atoms with Crippen molar-refractivity contribution in [1.82, 2.24) is 4.98 Å².